The fourth-order valence-electron chi connectivity index (χ4n) is 1.34. The van der Waals surface area contributed by atoms with Gasteiger partial charge >= 0.3 is 0 Å². The minimum Gasteiger partial charge on any atom is -0.285 e. The van der Waals surface area contributed by atoms with Crippen molar-refractivity contribution in [1.29, 1.82) is 0 Å². The van der Waals surface area contributed by atoms with Crippen LogP contribution in [0.3, 0.4) is 0 Å². The van der Waals surface area contributed by atoms with Crippen molar-refractivity contribution in [3.05, 3.63) is 3.95 Å². The number of aromatic amines is 1. The molecular weight excluding hydrogens is 218 g/mol. The van der Waals surface area contributed by atoms with Crippen LogP contribution >= 0.6 is 23.6 Å². The molecule has 1 aromatic heterocycles. The molecule has 1 amide bonds. The van der Waals surface area contributed by atoms with Crippen molar-refractivity contribution in [3.63, 3.8) is 0 Å². The van der Waals surface area contributed by atoms with Crippen molar-refractivity contribution in [2.24, 2.45) is 5.92 Å². The van der Waals surface area contributed by atoms with Gasteiger partial charge in [0, 0.05) is 18.9 Å². The van der Waals surface area contributed by atoms with Crippen molar-refractivity contribution >= 4 is 34.6 Å². The van der Waals surface area contributed by atoms with Gasteiger partial charge in [0.2, 0.25) is 11.0 Å². The van der Waals surface area contributed by atoms with Crippen LogP contribution in [0.25, 0.3) is 0 Å². The van der Waals surface area contributed by atoms with Crippen LogP contribution in [0.5, 0.6) is 0 Å². The number of nitrogens with one attached hydrogen (secondary N) is 1. The second-order valence-corrected chi connectivity index (χ2v) is 4.61. The van der Waals surface area contributed by atoms with Gasteiger partial charge in [-0.1, -0.05) is 11.3 Å². The lowest BCUT2D eigenvalue weighted by Crippen LogP contribution is -2.24. The molecule has 14 heavy (non-hydrogen) atoms. The minimum absolute atomic E-state index is 0.0000265. The van der Waals surface area contributed by atoms with Gasteiger partial charge < -0.3 is 0 Å². The average molecular weight is 225 g/mol. The molecule has 1 aromatic rings. The summed E-state index contributed by atoms with van der Waals surface area (Å²) in [4.78, 5) is 13.1. The van der Waals surface area contributed by atoms with Crippen LogP contribution in [0.15, 0.2) is 0 Å². The first-order valence-corrected chi connectivity index (χ1v) is 5.25. The summed E-state index contributed by atoms with van der Waals surface area (Å²) in [6.45, 7) is 0.547. The van der Waals surface area contributed by atoms with E-state index in [1.54, 1.807) is 4.90 Å². The molecule has 0 aromatic carbocycles. The molecule has 1 aliphatic rings. The molecule has 1 atom stereocenters. The highest BCUT2D eigenvalue weighted by Crippen LogP contribution is 2.25. The number of carbonyl (C=O) groups is 1. The standard InChI is InChI=1S/C8H7N3OS2/c1-2-5-3-6(12)11(4-5)7-9-10-8(13)14-7/h1,5H,3-4H2,(H,10,13). The van der Waals surface area contributed by atoms with Crippen molar-refractivity contribution in [3.8, 4) is 12.3 Å². The number of aromatic nitrogens is 2. The van der Waals surface area contributed by atoms with E-state index in [0.29, 0.717) is 22.1 Å². The summed E-state index contributed by atoms with van der Waals surface area (Å²) in [7, 11) is 0. The topological polar surface area (TPSA) is 49.0 Å². The molecule has 0 saturated carbocycles. The zero-order chi connectivity index (χ0) is 10.1. The first-order valence-electron chi connectivity index (χ1n) is 4.02. The summed E-state index contributed by atoms with van der Waals surface area (Å²) in [6, 6.07) is 0. The first kappa shape index (κ1) is 9.37. The van der Waals surface area contributed by atoms with Crippen molar-refractivity contribution < 1.29 is 4.79 Å². The number of anilines is 1. The van der Waals surface area contributed by atoms with E-state index < -0.39 is 0 Å². The monoisotopic (exact) mass is 225 g/mol. The smallest absolute Gasteiger partial charge is 0.230 e. The Labute approximate surface area is 89.9 Å². The fraction of sp³-hybridized carbons (Fsp3) is 0.375. The lowest BCUT2D eigenvalue weighted by atomic mass is 10.1. The van der Waals surface area contributed by atoms with E-state index in [4.69, 9.17) is 18.6 Å². The summed E-state index contributed by atoms with van der Waals surface area (Å²) in [5.74, 6) is 2.60. The number of hydrogen-bond acceptors (Lipinski definition) is 4. The van der Waals surface area contributed by atoms with Crippen molar-refractivity contribution in [2.45, 2.75) is 6.42 Å². The highest BCUT2D eigenvalue weighted by molar-refractivity contribution is 7.73. The Morgan fingerprint density at radius 1 is 1.79 bits per heavy atom. The average Bonchev–Trinajstić information content (AvgIpc) is 2.71. The second-order valence-electron chi connectivity index (χ2n) is 2.97. The number of nitrogens with zero attached hydrogens (tertiary/aromatic N) is 2. The maximum absolute atomic E-state index is 11.5. The highest BCUT2D eigenvalue weighted by atomic mass is 32.1. The van der Waals surface area contributed by atoms with Gasteiger partial charge in [0.05, 0.1) is 0 Å². The first-order chi connectivity index (χ1) is 6.70. The molecule has 1 saturated heterocycles. The fourth-order valence-corrected chi connectivity index (χ4v) is 2.25. The molecule has 0 spiro atoms. The van der Waals surface area contributed by atoms with Crippen LogP contribution in [-0.2, 0) is 4.79 Å². The largest absolute Gasteiger partial charge is 0.285 e. The van der Waals surface area contributed by atoms with Gasteiger partial charge in [-0.3, -0.25) is 14.8 Å². The summed E-state index contributed by atoms with van der Waals surface area (Å²) in [6.07, 6.45) is 5.67. The third kappa shape index (κ3) is 1.56. The van der Waals surface area contributed by atoms with E-state index in [1.807, 2.05) is 0 Å². The van der Waals surface area contributed by atoms with E-state index in [2.05, 4.69) is 16.1 Å². The molecule has 1 fully saturated rings. The molecule has 0 radical (unpaired) electrons. The Bertz CT molecular complexity index is 456. The Hall–Kier alpha value is -1.19. The summed E-state index contributed by atoms with van der Waals surface area (Å²) >= 11 is 6.17. The number of H-pyrrole nitrogens is 1. The Morgan fingerprint density at radius 2 is 2.57 bits per heavy atom. The molecule has 2 heterocycles. The van der Waals surface area contributed by atoms with Gasteiger partial charge in [-0.05, 0) is 12.2 Å². The van der Waals surface area contributed by atoms with Gasteiger partial charge in [-0.2, -0.15) is 0 Å². The van der Waals surface area contributed by atoms with Gasteiger partial charge in [-0.25, -0.2) is 0 Å². The molecule has 0 aliphatic carbocycles. The molecule has 72 valence electrons. The normalized spacial score (nSPS) is 21.2. The maximum atomic E-state index is 11.5. The lowest BCUT2D eigenvalue weighted by molar-refractivity contribution is -0.117. The maximum Gasteiger partial charge on any atom is 0.230 e. The van der Waals surface area contributed by atoms with E-state index >= 15 is 0 Å². The number of amides is 1. The van der Waals surface area contributed by atoms with Crippen LogP contribution in [0, 0.1) is 22.2 Å². The number of carbonyl (C=O) groups excluding carboxylic acids is 1. The van der Waals surface area contributed by atoms with Crippen molar-refractivity contribution in [2.75, 3.05) is 11.4 Å². The Balaban J connectivity index is 2.25. The second kappa shape index (κ2) is 3.52. The summed E-state index contributed by atoms with van der Waals surface area (Å²) in [5.41, 5.74) is 0. The van der Waals surface area contributed by atoms with Gasteiger partial charge in [0.1, 0.15) is 0 Å². The third-order valence-corrected chi connectivity index (χ3v) is 3.13. The summed E-state index contributed by atoms with van der Waals surface area (Å²) < 4.78 is 0.567. The SMILES string of the molecule is C#CC1CC(=O)N(c2n[nH]c(=S)s2)C1. The Kier molecular flexibility index (Phi) is 2.35. The van der Waals surface area contributed by atoms with E-state index in [-0.39, 0.29) is 11.8 Å². The predicted octanol–water partition coefficient (Wildman–Crippen LogP) is 1.19. The van der Waals surface area contributed by atoms with Crippen LogP contribution in [0.2, 0.25) is 0 Å². The number of hydrogen-bond donors (Lipinski definition) is 1. The van der Waals surface area contributed by atoms with E-state index in [9.17, 15) is 4.79 Å². The van der Waals surface area contributed by atoms with Gasteiger partial charge in [0.25, 0.3) is 0 Å². The summed E-state index contributed by atoms with van der Waals surface area (Å²) in [5, 5.41) is 7.19. The lowest BCUT2D eigenvalue weighted by Gasteiger charge is -2.09. The van der Waals surface area contributed by atoms with Crippen molar-refractivity contribution in [1.82, 2.24) is 10.2 Å². The predicted molar refractivity (Wildman–Crippen MR) is 56.6 cm³/mol. The van der Waals surface area contributed by atoms with Crippen LogP contribution in [0.1, 0.15) is 6.42 Å². The van der Waals surface area contributed by atoms with Gasteiger partial charge in [0.15, 0.2) is 3.95 Å². The quantitative estimate of drug-likeness (QED) is 0.577. The van der Waals surface area contributed by atoms with Crippen LogP contribution in [0.4, 0.5) is 5.13 Å². The molecule has 2 rings (SSSR count). The molecule has 4 nitrogen and oxygen atoms in total. The zero-order valence-corrected chi connectivity index (χ0v) is 8.82. The number of rotatable bonds is 1. The number of terminal acetylenes is 1. The third-order valence-electron chi connectivity index (χ3n) is 2.02. The molecule has 6 heteroatoms. The zero-order valence-electron chi connectivity index (χ0n) is 7.19. The molecule has 1 aliphatic heterocycles. The van der Waals surface area contributed by atoms with Gasteiger partial charge in [-0.15, -0.1) is 17.4 Å². The van der Waals surface area contributed by atoms with E-state index in [1.165, 1.54) is 11.3 Å². The molecular formula is C8H7N3OS2. The molecule has 1 unspecified atom stereocenters. The Morgan fingerprint density at radius 3 is 3.07 bits per heavy atom. The molecule has 0 bridgehead atoms. The minimum atomic E-state index is -0.0000265. The highest BCUT2D eigenvalue weighted by Gasteiger charge is 2.30. The van der Waals surface area contributed by atoms with Crippen LogP contribution < -0.4 is 4.90 Å². The van der Waals surface area contributed by atoms with Crippen LogP contribution in [-0.4, -0.2) is 22.6 Å². The molecule has 1 N–H and O–H groups in total. The van der Waals surface area contributed by atoms with E-state index in [0.717, 1.165) is 0 Å².